The highest BCUT2D eigenvalue weighted by atomic mass is 16.6. The molecule has 3 nitrogen and oxygen atoms in total. The lowest BCUT2D eigenvalue weighted by Gasteiger charge is -1.95. The van der Waals surface area contributed by atoms with Gasteiger partial charge in [-0.05, 0) is 6.92 Å². The maximum absolute atomic E-state index is 10.4. The van der Waals surface area contributed by atoms with Crippen LogP contribution >= 0.6 is 0 Å². The van der Waals surface area contributed by atoms with Gasteiger partial charge in [0.1, 0.15) is 12.1 Å². The lowest BCUT2D eigenvalue weighted by Crippen LogP contribution is -2.24. The molecule has 2 N–H and O–H groups in total. The minimum atomic E-state index is -0.370. The summed E-state index contributed by atoms with van der Waals surface area (Å²) in [4.78, 5) is 10.4. The van der Waals surface area contributed by atoms with Crippen LogP contribution in [0.15, 0.2) is 0 Å². The molecule has 1 fully saturated rings. The van der Waals surface area contributed by atoms with E-state index in [0.29, 0.717) is 6.42 Å². The molecule has 46 valence electrons. The van der Waals surface area contributed by atoms with E-state index in [1.165, 1.54) is 0 Å². The van der Waals surface area contributed by atoms with Gasteiger partial charge in [0.25, 0.3) is 0 Å². The van der Waals surface area contributed by atoms with Gasteiger partial charge in [0, 0.05) is 6.42 Å². The van der Waals surface area contributed by atoms with E-state index < -0.39 is 0 Å². The van der Waals surface area contributed by atoms with Gasteiger partial charge in [-0.25, -0.2) is 0 Å². The number of carbonyl (C=O) groups excluding carboxylic acids is 1. The molecule has 1 saturated heterocycles. The lowest BCUT2D eigenvalue weighted by molar-refractivity contribution is -0.141. The van der Waals surface area contributed by atoms with Crippen molar-refractivity contribution in [3.8, 4) is 0 Å². The SMILES string of the molecule is C[C@H]1C[C@@H](N)C(=O)O1. The first kappa shape index (κ1) is 5.56. The molecule has 0 aromatic heterocycles. The topological polar surface area (TPSA) is 52.3 Å². The summed E-state index contributed by atoms with van der Waals surface area (Å²) in [6.45, 7) is 1.84. The predicted octanol–water partition coefficient (Wildman–Crippen LogP) is -0.351. The molecule has 3 heteroatoms. The molecule has 0 radical (unpaired) electrons. The van der Waals surface area contributed by atoms with Gasteiger partial charge in [0.2, 0.25) is 0 Å². The number of hydrogen-bond acceptors (Lipinski definition) is 3. The Labute approximate surface area is 47.8 Å². The average Bonchev–Trinajstić information content (AvgIpc) is 1.85. The number of ether oxygens (including phenoxy) is 1. The first-order valence-corrected chi connectivity index (χ1v) is 2.66. The fourth-order valence-corrected chi connectivity index (χ4v) is 0.788. The first-order chi connectivity index (χ1) is 3.70. The van der Waals surface area contributed by atoms with Crippen LogP contribution in [0.5, 0.6) is 0 Å². The Morgan fingerprint density at radius 3 is 2.62 bits per heavy atom. The van der Waals surface area contributed by atoms with Gasteiger partial charge in [0.15, 0.2) is 0 Å². The summed E-state index contributed by atoms with van der Waals surface area (Å²) in [5.41, 5.74) is 5.29. The smallest absolute Gasteiger partial charge is 0.323 e. The summed E-state index contributed by atoms with van der Waals surface area (Å²) in [7, 11) is 0. The van der Waals surface area contributed by atoms with Crippen LogP contribution in [-0.2, 0) is 9.53 Å². The highest BCUT2D eigenvalue weighted by Gasteiger charge is 2.27. The van der Waals surface area contributed by atoms with Crippen LogP contribution in [0, 0.1) is 0 Å². The van der Waals surface area contributed by atoms with E-state index >= 15 is 0 Å². The van der Waals surface area contributed by atoms with Crippen molar-refractivity contribution in [2.24, 2.45) is 5.73 Å². The number of cyclic esters (lactones) is 1. The highest BCUT2D eigenvalue weighted by molar-refractivity contribution is 5.77. The summed E-state index contributed by atoms with van der Waals surface area (Å²) in [6.07, 6.45) is 0.691. The molecule has 0 aromatic rings. The second kappa shape index (κ2) is 1.74. The molecule has 0 aliphatic carbocycles. The molecule has 0 amide bonds. The molecule has 1 heterocycles. The molecule has 0 unspecified atom stereocenters. The second-order valence-corrected chi connectivity index (χ2v) is 2.09. The van der Waals surface area contributed by atoms with E-state index in [-0.39, 0.29) is 18.1 Å². The minimum absolute atomic E-state index is 0.0255. The molecule has 0 saturated carbocycles. The maximum Gasteiger partial charge on any atom is 0.323 e. The summed E-state index contributed by atoms with van der Waals surface area (Å²) in [6, 6.07) is -0.370. The van der Waals surface area contributed by atoms with Crippen LogP contribution in [0.2, 0.25) is 0 Å². The average molecular weight is 115 g/mol. The van der Waals surface area contributed by atoms with Crippen molar-refractivity contribution in [2.45, 2.75) is 25.5 Å². The molecule has 0 spiro atoms. The third-order valence-corrected chi connectivity index (χ3v) is 1.21. The van der Waals surface area contributed by atoms with E-state index in [1.54, 1.807) is 0 Å². The number of carbonyl (C=O) groups is 1. The number of nitrogens with two attached hydrogens (primary N) is 1. The summed E-state index contributed by atoms with van der Waals surface area (Å²) < 4.78 is 4.71. The van der Waals surface area contributed by atoms with E-state index in [4.69, 9.17) is 10.5 Å². The van der Waals surface area contributed by atoms with Gasteiger partial charge < -0.3 is 10.5 Å². The molecule has 0 bridgehead atoms. The Balaban J connectivity index is 2.51. The number of rotatable bonds is 0. The first-order valence-electron chi connectivity index (χ1n) is 2.66. The third kappa shape index (κ3) is 0.816. The van der Waals surface area contributed by atoms with Crippen molar-refractivity contribution in [2.75, 3.05) is 0 Å². The minimum Gasteiger partial charge on any atom is -0.461 e. The van der Waals surface area contributed by atoms with Crippen LogP contribution in [0.4, 0.5) is 0 Å². The van der Waals surface area contributed by atoms with Gasteiger partial charge in [-0.1, -0.05) is 0 Å². The summed E-state index contributed by atoms with van der Waals surface area (Å²) in [5.74, 6) is -0.266. The molecule has 0 aromatic carbocycles. The summed E-state index contributed by atoms with van der Waals surface area (Å²) in [5, 5.41) is 0. The molecule has 1 aliphatic rings. The molecule has 2 atom stereocenters. The fraction of sp³-hybridized carbons (Fsp3) is 0.800. The van der Waals surface area contributed by atoms with Crippen molar-refractivity contribution in [1.29, 1.82) is 0 Å². The van der Waals surface area contributed by atoms with Crippen molar-refractivity contribution < 1.29 is 9.53 Å². The monoisotopic (exact) mass is 115 g/mol. The zero-order valence-electron chi connectivity index (χ0n) is 4.76. The molecular weight excluding hydrogens is 106 g/mol. The van der Waals surface area contributed by atoms with E-state index in [9.17, 15) is 4.79 Å². The Kier molecular flexibility index (Phi) is 1.21. The van der Waals surface area contributed by atoms with Crippen LogP contribution in [0.1, 0.15) is 13.3 Å². The van der Waals surface area contributed by atoms with Gasteiger partial charge in [-0.15, -0.1) is 0 Å². The quantitative estimate of drug-likeness (QED) is 0.439. The van der Waals surface area contributed by atoms with Crippen molar-refractivity contribution >= 4 is 5.97 Å². The van der Waals surface area contributed by atoms with Crippen molar-refractivity contribution in [1.82, 2.24) is 0 Å². The third-order valence-electron chi connectivity index (χ3n) is 1.21. The van der Waals surface area contributed by atoms with Crippen molar-refractivity contribution in [3.05, 3.63) is 0 Å². The lowest BCUT2D eigenvalue weighted by atomic mass is 10.2. The van der Waals surface area contributed by atoms with Crippen LogP contribution < -0.4 is 5.73 Å². The normalized spacial score (nSPS) is 37.5. The highest BCUT2D eigenvalue weighted by Crippen LogP contribution is 2.10. The zero-order valence-corrected chi connectivity index (χ0v) is 4.76. The zero-order chi connectivity index (χ0) is 6.15. The fourth-order valence-electron chi connectivity index (χ4n) is 0.788. The summed E-state index contributed by atoms with van der Waals surface area (Å²) >= 11 is 0. The molecule has 1 rings (SSSR count). The Hall–Kier alpha value is -0.570. The largest absolute Gasteiger partial charge is 0.461 e. The Morgan fingerprint density at radius 2 is 2.50 bits per heavy atom. The molecular formula is C5H9NO2. The Bertz CT molecular complexity index is 113. The number of esters is 1. The van der Waals surface area contributed by atoms with Crippen LogP contribution in [0.25, 0.3) is 0 Å². The maximum atomic E-state index is 10.4. The van der Waals surface area contributed by atoms with Crippen LogP contribution in [0.3, 0.4) is 0 Å². The van der Waals surface area contributed by atoms with E-state index in [0.717, 1.165) is 0 Å². The van der Waals surface area contributed by atoms with Gasteiger partial charge in [-0.2, -0.15) is 0 Å². The van der Waals surface area contributed by atoms with E-state index in [2.05, 4.69) is 0 Å². The second-order valence-electron chi connectivity index (χ2n) is 2.09. The van der Waals surface area contributed by atoms with Gasteiger partial charge in [0.05, 0.1) is 0 Å². The van der Waals surface area contributed by atoms with Gasteiger partial charge >= 0.3 is 5.97 Å². The van der Waals surface area contributed by atoms with Crippen LogP contribution in [-0.4, -0.2) is 18.1 Å². The predicted molar refractivity (Wildman–Crippen MR) is 28.1 cm³/mol. The van der Waals surface area contributed by atoms with E-state index in [1.807, 2.05) is 6.92 Å². The van der Waals surface area contributed by atoms with Gasteiger partial charge in [-0.3, -0.25) is 4.79 Å². The number of hydrogen-bond donors (Lipinski definition) is 1. The Morgan fingerprint density at radius 1 is 1.88 bits per heavy atom. The standard InChI is InChI=1S/C5H9NO2/c1-3-2-4(6)5(7)8-3/h3-4H,2,6H2,1H3/t3-,4+/m0/s1. The van der Waals surface area contributed by atoms with Crippen molar-refractivity contribution in [3.63, 3.8) is 0 Å². The molecule has 8 heavy (non-hydrogen) atoms. The molecule has 1 aliphatic heterocycles.